The van der Waals surface area contributed by atoms with Crippen LogP contribution in [0.4, 0.5) is 5.69 Å². The number of hydrogen-bond acceptors (Lipinski definition) is 2. The van der Waals surface area contributed by atoms with Crippen molar-refractivity contribution >= 4 is 34.8 Å². The van der Waals surface area contributed by atoms with E-state index in [9.17, 15) is 4.79 Å². The van der Waals surface area contributed by atoms with Gasteiger partial charge in [-0.15, -0.1) is 0 Å². The molecule has 24 heavy (non-hydrogen) atoms. The van der Waals surface area contributed by atoms with Crippen LogP contribution in [0.1, 0.15) is 25.8 Å². The fraction of sp³-hybridized carbons (Fsp3) is 0.316. The van der Waals surface area contributed by atoms with E-state index in [1.165, 1.54) is 0 Å². The molecule has 0 aromatic heterocycles. The van der Waals surface area contributed by atoms with Crippen molar-refractivity contribution in [3.05, 3.63) is 64.1 Å². The number of nitrogens with zero attached hydrogens (tertiary/aromatic N) is 1. The zero-order valence-corrected chi connectivity index (χ0v) is 15.4. The Balaban J connectivity index is 1.91. The van der Waals surface area contributed by atoms with Crippen LogP contribution in [0.2, 0.25) is 10.0 Å². The van der Waals surface area contributed by atoms with Gasteiger partial charge in [0.25, 0.3) is 0 Å². The minimum absolute atomic E-state index is 0.120. The van der Waals surface area contributed by atoms with Crippen LogP contribution in [0.3, 0.4) is 0 Å². The summed E-state index contributed by atoms with van der Waals surface area (Å²) in [6.45, 7) is 5.23. The fourth-order valence-corrected chi connectivity index (χ4v) is 2.98. The smallest absolute Gasteiger partial charge is 0.224 e. The van der Waals surface area contributed by atoms with Crippen molar-refractivity contribution in [2.75, 3.05) is 11.9 Å². The van der Waals surface area contributed by atoms with Gasteiger partial charge in [-0.2, -0.15) is 0 Å². The van der Waals surface area contributed by atoms with Crippen LogP contribution in [-0.4, -0.2) is 23.4 Å². The second-order valence-electron chi connectivity index (χ2n) is 5.94. The lowest BCUT2D eigenvalue weighted by Crippen LogP contribution is -2.37. The third-order valence-electron chi connectivity index (χ3n) is 3.67. The summed E-state index contributed by atoms with van der Waals surface area (Å²) in [7, 11) is 0. The molecule has 1 amide bonds. The van der Waals surface area contributed by atoms with E-state index in [0.717, 1.165) is 11.3 Å². The summed E-state index contributed by atoms with van der Waals surface area (Å²) in [6, 6.07) is 15.4. The number of carbonyl (C=O) groups excluding carboxylic acids is 1. The summed E-state index contributed by atoms with van der Waals surface area (Å²) in [5.74, 6) is 0.120. The molecule has 2 aromatic rings. The second-order valence-corrected chi connectivity index (χ2v) is 6.81. The molecule has 0 aliphatic rings. The summed E-state index contributed by atoms with van der Waals surface area (Å²) in [4.78, 5) is 14.4. The van der Waals surface area contributed by atoms with Crippen LogP contribution in [-0.2, 0) is 11.3 Å². The maximum atomic E-state index is 12.5. The molecule has 0 aliphatic carbocycles. The summed E-state index contributed by atoms with van der Waals surface area (Å²) < 4.78 is 0. The Morgan fingerprint density at radius 1 is 1.08 bits per heavy atom. The van der Waals surface area contributed by atoms with Crippen molar-refractivity contribution < 1.29 is 4.79 Å². The third kappa shape index (κ3) is 5.73. The van der Waals surface area contributed by atoms with E-state index in [2.05, 4.69) is 5.32 Å². The molecule has 1 N–H and O–H groups in total. The number of nitrogens with one attached hydrogen (secondary N) is 1. The molecule has 0 aliphatic heterocycles. The third-order valence-corrected chi connectivity index (χ3v) is 4.11. The number of hydrogen-bond donors (Lipinski definition) is 1. The van der Waals surface area contributed by atoms with Crippen molar-refractivity contribution in [1.29, 1.82) is 0 Å². The Labute approximate surface area is 153 Å². The van der Waals surface area contributed by atoms with Crippen LogP contribution in [0.25, 0.3) is 0 Å². The lowest BCUT2D eigenvalue weighted by molar-refractivity contribution is -0.133. The highest BCUT2D eigenvalue weighted by Gasteiger charge is 2.16. The van der Waals surface area contributed by atoms with Crippen molar-refractivity contribution in [3.63, 3.8) is 0 Å². The molecular formula is C19H22Cl2N2O. The maximum Gasteiger partial charge on any atom is 0.224 e. The van der Waals surface area contributed by atoms with Crippen molar-refractivity contribution in [2.24, 2.45) is 0 Å². The first kappa shape index (κ1) is 18.6. The van der Waals surface area contributed by atoms with E-state index in [-0.39, 0.29) is 11.9 Å². The van der Waals surface area contributed by atoms with Crippen molar-refractivity contribution in [1.82, 2.24) is 4.90 Å². The molecular weight excluding hydrogens is 343 g/mol. The summed E-state index contributed by atoms with van der Waals surface area (Å²) in [5, 5.41) is 4.35. The van der Waals surface area contributed by atoms with Gasteiger partial charge in [0.15, 0.2) is 0 Å². The van der Waals surface area contributed by atoms with E-state index >= 15 is 0 Å². The SMILES string of the molecule is CC(C)N(Cc1ccccc1)C(=O)CCNc1cc(Cl)cc(Cl)c1. The van der Waals surface area contributed by atoms with E-state index < -0.39 is 0 Å². The molecule has 2 rings (SSSR count). The molecule has 0 saturated carbocycles. The Morgan fingerprint density at radius 2 is 1.71 bits per heavy atom. The monoisotopic (exact) mass is 364 g/mol. The molecule has 128 valence electrons. The highest BCUT2D eigenvalue weighted by atomic mass is 35.5. The molecule has 2 aromatic carbocycles. The molecule has 0 radical (unpaired) electrons. The first-order valence-electron chi connectivity index (χ1n) is 7.99. The molecule has 3 nitrogen and oxygen atoms in total. The van der Waals surface area contributed by atoms with Gasteiger partial charge in [-0.1, -0.05) is 53.5 Å². The van der Waals surface area contributed by atoms with Gasteiger partial charge < -0.3 is 10.2 Å². The standard InChI is InChI=1S/C19H22Cl2N2O/c1-14(2)23(13-15-6-4-3-5-7-15)19(24)8-9-22-18-11-16(20)10-17(21)12-18/h3-7,10-12,14,22H,8-9,13H2,1-2H3. The largest absolute Gasteiger partial charge is 0.384 e. The second kappa shape index (κ2) is 8.95. The molecule has 0 bridgehead atoms. The Bertz CT molecular complexity index is 654. The molecule has 0 atom stereocenters. The van der Waals surface area contributed by atoms with Gasteiger partial charge in [-0.25, -0.2) is 0 Å². The molecule has 5 heteroatoms. The zero-order valence-electron chi connectivity index (χ0n) is 13.9. The number of anilines is 1. The lowest BCUT2D eigenvalue weighted by atomic mass is 10.1. The van der Waals surface area contributed by atoms with Crippen LogP contribution >= 0.6 is 23.2 Å². The van der Waals surface area contributed by atoms with E-state index in [1.807, 2.05) is 49.1 Å². The van der Waals surface area contributed by atoms with Gasteiger partial charge in [0.2, 0.25) is 5.91 Å². The summed E-state index contributed by atoms with van der Waals surface area (Å²) in [6.07, 6.45) is 0.412. The van der Waals surface area contributed by atoms with Gasteiger partial charge >= 0.3 is 0 Å². The average Bonchev–Trinajstić information content (AvgIpc) is 2.52. The first-order chi connectivity index (χ1) is 11.5. The number of benzene rings is 2. The van der Waals surface area contributed by atoms with Crippen molar-refractivity contribution in [3.8, 4) is 0 Å². The maximum absolute atomic E-state index is 12.5. The number of carbonyl (C=O) groups is 1. The quantitative estimate of drug-likeness (QED) is 0.728. The fourth-order valence-electron chi connectivity index (χ4n) is 2.45. The molecule has 0 saturated heterocycles. The van der Waals surface area contributed by atoms with Crippen LogP contribution in [0, 0.1) is 0 Å². The molecule has 0 spiro atoms. The Hall–Kier alpha value is -1.71. The average molecular weight is 365 g/mol. The summed E-state index contributed by atoms with van der Waals surface area (Å²) >= 11 is 11.9. The highest BCUT2D eigenvalue weighted by molar-refractivity contribution is 6.35. The van der Waals surface area contributed by atoms with Crippen LogP contribution in [0.15, 0.2) is 48.5 Å². The van der Waals surface area contributed by atoms with Crippen molar-refractivity contribution in [2.45, 2.75) is 32.9 Å². The number of amides is 1. The van der Waals surface area contributed by atoms with Gasteiger partial charge in [0.05, 0.1) is 0 Å². The van der Waals surface area contributed by atoms with Crippen LogP contribution in [0.5, 0.6) is 0 Å². The predicted octanol–water partition coefficient (Wildman–Crippen LogP) is 5.23. The summed E-state index contributed by atoms with van der Waals surface area (Å²) in [5.41, 5.74) is 1.95. The van der Waals surface area contributed by atoms with E-state index in [0.29, 0.717) is 29.6 Å². The Morgan fingerprint density at radius 3 is 2.29 bits per heavy atom. The molecule has 0 unspecified atom stereocenters. The number of rotatable bonds is 7. The minimum atomic E-state index is 0.120. The topological polar surface area (TPSA) is 32.3 Å². The van der Waals surface area contributed by atoms with Crippen LogP contribution < -0.4 is 5.32 Å². The highest BCUT2D eigenvalue weighted by Crippen LogP contribution is 2.22. The van der Waals surface area contributed by atoms with Gasteiger partial charge in [0, 0.05) is 41.3 Å². The van der Waals surface area contributed by atoms with E-state index in [1.54, 1.807) is 18.2 Å². The number of halogens is 2. The lowest BCUT2D eigenvalue weighted by Gasteiger charge is -2.27. The zero-order chi connectivity index (χ0) is 17.5. The minimum Gasteiger partial charge on any atom is -0.384 e. The Kier molecular flexibility index (Phi) is 6.95. The van der Waals surface area contributed by atoms with E-state index in [4.69, 9.17) is 23.2 Å². The first-order valence-corrected chi connectivity index (χ1v) is 8.74. The molecule has 0 heterocycles. The normalized spacial score (nSPS) is 10.7. The van der Waals surface area contributed by atoms with Gasteiger partial charge in [0.1, 0.15) is 0 Å². The van der Waals surface area contributed by atoms with Gasteiger partial charge in [-0.3, -0.25) is 4.79 Å². The predicted molar refractivity (Wildman–Crippen MR) is 102 cm³/mol. The molecule has 0 fully saturated rings. The van der Waals surface area contributed by atoms with Gasteiger partial charge in [-0.05, 0) is 37.6 Å².